The topological polar surface area (TPSA) is 44.1 Å². The lowest BCUT2D eigenvalue weighted by Gasteiger charge is -2.25. The number of ether oxygens (including phenoxy) is 1. The zero-order chi connectivity index (χ0) is 21.1. The summed E-state index contributed by atoms with van der Waals surface area (Å²) in [6.45, 7) is 9.35. The molecule has 0 unspecified atom stereocenters. The number of hydrogen-bond donors (Lipinski definition) is 0. The molecule has 4 rings (SSSR count). The van der Waals surface area contributed by atoms with Crippen LogP contribution in [0.3, 0.4) is 0 Å². The molecule has 30 heavy (non-hydrogen) atoms. The van der Waals surface area contributed by atoms with E-state index in [1.807, 2.05) is 30.3 Å². The second-order valence-electron chi connectivity index (χ2n) is 9.19. The summed E-state index contributed by atoms with van der Waals surface area (Å²) in [6.07, 6.45) is 5.33. The molecule has 0 atom stereocenters. The van der Waals surface area contributed by atoms with Crippen molar-refractivity contribution < 1.29 is 9.53 Å². The molecule has 2 heterocycles. The largest absolute Gasteiger partial charge is 0.381 e. The Morgan fingerprint density at radius 2 is 1.80 bits per heavy atom. The summed E-state index contributed by atoms with van der Waals surface area (Å²) >= 11 is 0. The van der Waals surface area contributed by atoms with Gasteiger partial charge in [0.25, 0.3) is 0 Å². The van der Waals surface area contributed by atoms with Crippen molar-refractivity contribution in [3.8, 4) is 22.4 Å². The van der Waals surface area contributed by atoms with Gasteiger partial charge in [-0.25, -0.2) is 4.98 Å². The molecule has 4 nitrogen and oxygen atoms in total. The fraction of sp³-hybridized carbons (Fsp3) is 0.385. The van der Waals surface area contributed by atoms with Gasteiger partial charge in [0, 0.05) is 42.5 Å². The Balaban J connectivity index is 1.71. The number of aromatic nitrogens is 2. The van der Waals surface area contributed by atoms with Gasteiger partial charge in [0.1, 0.15) is 5.82 Å². The number of hydrogen-bond acceptors (Lipinski definition) is 3. The van der Waals surface area contributed by atoms with Gasteiger partial charge in [0.2, 0.25) is 0 Å². The molecule has 0 N–H and O–H groups in total. The van der Waals surface area contributed by atoms with Crippen LogP contribution in [-0.4, -0.2) is 29.1 Å². The molecule has 1 aliphatic rings. The molecular formula is C26H30N2O2. The molecule has 1 aliphatic heterocycles. The standard InChI is InChI=1S/C26H30N2O2/c1-26(2,3)25-27-24(17-28(25)16-19-11-13-30-14-12-19)21-9-6-8-20(15-21)23-10-5-4-7-22(23)18-29/h4-10,15,17-19H,11-14,16H2,1-3H3. The fourth-order valence-electron chi connectivity index (χ4n) is 4.21. The van der Waals surface area contributed by atoms with Crippen LogP contribution in [0.2, 0.25) is 0 Å². The highest BCUT2D eigenvalue weighted by Gasteiger charge is 2.24. The summed E-state index contributed by atoms with van der Waals surface area (Å²) in [5.74, 6) is 1.75. The van der Waals surface area contributed by atoms with Crippen LogP contribution >= 0.6 is 0 Å². The van der Waals surface area contributed by atoms with Crippen molar-refractivity contribution >= 4 is 6.29 Å². The first-order chi connectivity index (χ1) is 14.5. The molecule has 3 aromatic rings. The van der Waals surface area contributed by atoms with Crippen molar-refractivity contribution in [1.29, 1.82) is 0 Å². The van der Waals surface area contributed by atoms with Crippen LogP contribution in [-0.2, 0) is 16.7 Å². The number of carbonyl (C=O) groups is 1. The highest BCUT2D eigenvalue weighted by molar-refractivity contribution is 5.88. The lowest BCUT2D eigenvalue weighted by atomic mass is 9.94. The molecule has 0 bridgehead atoms. The van der Waals surface area contributed by atoms with Crippen molar-refractivity contribution in [2.45, 2.75) is 45.6 Å². The number of carbonyl (C=O) groups excluding carboxylic acids is 1. The van der Waals surface area contributed by atoms with E-state index in [-0.39, 0.29) is 5.41 Å². The molecule has 0 radical (unpaired) electrons. The molecule has 2 aromatic carbocycles. The van der Waals surface area contributed by atoms with Crippen molar-refractivity contribution in [2.75, 3.05) is 13.2 Å². The maximum absolute atomic E-state index is 11.5. The maximum Gasteiger partial charge on any atom is 0.150 e. The predicted molar refractivity (Wildman–Crippen MR) is 121 cm³/mol. The second kappa shape index (κ2) is 8.57. The van der Waals surface area contributed by atoms with Crippen molar-refractivity contribution in [2.24, 2.45) is 5.92 Å². The minimum atomic E-state index is -0.0366. The van der Waals surface area contributed by atoms with Gasteiger partial charge < -0.3 is 9.30 Å². The normalized spacial score (nSPS) is 15.3. The Morgan fingerprint density at radius 3 is 2.53 bits per heavy atom. The summed E-state index contributed by atoms with van der Waals surface area (Å²) in [5.41, 5.74) is 4.71. The minimum Gasteiger partial charge on any atom is -0.381 e. The monoisotopic (exact) mass is 402 g/mol. The number of imidazole rings is 1. The molecule has 4 heteroatoms. The average molecular weight is 403 g/mol. The first-order valence-corrected chi connectivity index (χ1v) is 10.8. The van der Waals surface area contributed by atoms with Crippen molar-refractivity contribution in [3.05, 3.63) is 66.1 Å². The van der Waals surface area contributed by atoms with E-state index in [1.165, 1.54) is 0 Å². The van der Waals surface area contributed by atoms with Crippen LogP contribution in [0.1, 0.15) is 49.8 Å². The third-order valence-corrected chi connectivity index (χ3v) is 5.80. The average Bonchev–Trinajstić information content (AvgIpc) is 3.19. The van der Waals surface area contributed by atoms with E-state index in [2.05, 4.69) is 49.7 Å². The van der Waals surface area contributed by atoms with E-state index < -0.39 is 0 Å². The fourth-order valence-corrected chi connectivity index (χ4v) is 4.21. The van der Waals surface area contributed by atoms with Crippen LogP contribution < -0.4 is 0 Å². The van der Waals surface area contributed by atoms with Gasteiger partial charge in [-0.1, -0.05) is 63.2 Å². The Morgan fingerprint density at radius 1 is 1.07 bits per heavy atom. The van der Waals surface area contributed by atoms with Gasteiger partial charge >= 0.3 is 0 Å². The van der Waals surface area contributed by atoms with Crippen molar-refractivity contribution in [3.63, 3.8) is 0 Å². The van der Waals surface area contributed by atoms with E-state index in [0.717, 1.165) is 67.1 Å². The molecule has 1 fully saturated rings. The van der Waals surface area contributed by atoms with Gasteiger partial charge in [0.15, 0.2) is 6.29 Å². The third-order valence-electron chi connectivity index (χ3n) is 5.80. The lowest BCUT2D eigenvalue weighted by Crippen LogP contribution is -2.24. The highest BCUT2D eigenvalue weighted by Crippen LogP contribution is 2.31. The van der Waals surface area contributed by atoms with Crippen LogP contribution in [0.15, 0.2) is 54.7 Å². The van der Waals surface area contributed by atoms with E-state index in [0.29, 0.717) is 11.5 Å². The summed E-state index contributed by atoms with van der Waals surface area (Å²) in [4.78, 5) is 16.5. The zero-order valence-electron chi connectivity index (χ0n) is 18.1. The molecule has 156 valence electrons. The van der Waals surface area contributed by atoms with Gasteiger partial charge in [-0.05, 0) is 36.0 Å². The molecule has 0 amide bonds. The highest BCUT2D eigenvalue weighted by atomic mass is 16.5. The number of aldehydes is 1. The predicted octanol–water partition coefficient (Wildman–Crippen LogP) is 5.75. The van der Waals surface area contributed by atoms with Crippen LogP contribution in [0.5, 0.6) is 0 Å². The summed E-state index contributed by atoms with van der Waals surface area (Å²) in [7, 11) is 0. The van der Waals surface area contributed by atoms with Gasteiger partial charge in [-0.15, -0.1) is 0 Å². The smallest absolute Gasteiger partial charge is 0.150 e. The molecule has 0 spiro atoms. The molecule has 0 saturated carbocycles. The number of benzene rings is 2. The van der Waals surface area contributed by atoms with E-state index in [9.17, 15) is 4.79 Å². The zero-order valence-corrected chi connectivity index (χ0v) is 18.1. The first kappa shape index (κ1) is 20.5. The van der Waals surface area contributed by atoms with Crippen molar-refractivity contribution in [1.82, 2.24) is 9.55 Å². The molecular weight excluding hydrogens is 372 g/mol. The summed E-state index contributed by atoms with van der Waals surface area (Å²) < 4.78 is 7.88. The van der Waals surface area contributed by atoms with E-state index in [4.69, 9.17) is 9.72 Å². The maximum atomic E-state index is 11.5. The minimum absolute atomic E-state index is 0.0366. The van der Waals surface area contributed by atoms with Crippen LogP contribution in [0, 0.1) is 5.92 Å². The van der Waals surface area contributed by atoms with Crippen LogP contribution in [0.4, 0.5) is 0 Å². The number of rotatable bonds is 5. The van der Waals surface area contributed by atoms with Gasteiger partial charge in [0.05, 0.1) is 5.69 Å². The Hall–Kier alpha value is -2.72. The molecule has 1 saturated heterocycles. The summed E-state index contributed by atoms with van der Waals surface area (Å²) in [5, 5.41) is 0. The molecule has 0 aliphatic carbocycles. The Kier molecular flexibility index (Phi) is 5.87. The Bertz CT molecular complexity index is 1020. The second-order valence-corrected chi connectivity index (χ2v) is 9.19. The SMILES string of the molecule is CC(C)(C)c1nc(-c2cccc(-c3ccccc3C=O)c2)cn1CC1CCOCC1. The van der Waals surface area contributed by atoms with Crippen LogP contribution in [0.25, 0.3) is 22.4 Å². The lowest BCUT2D eigenvalue weighted by molar-refractivity contribution is 0.0607. The third kappa shape index (κ3) is 4.39. The van der Waals surface area contributed by atoms with E-state index in [1.54, 1.807) is 0 Å². The summed E-state index contributed by atoms with van der Waals surface area (Å²) in [6, 6.07) is 16.0. The Labute approximate surface area is 178 Å². The van der Waals surface area contributed by atoms with E-state index >= 15 is 0 Å². The molecule has 1 aromatic heterocycles. The van der Waals surface area contributed by atoms with Gasteiger partial charge in [-0.3, -0.25) is 4.79 Å². The quantitative estimate of drug-likeness (QED) is 0.510. The van der Waals surface area contributed by atoms with Gasteiger partial charge in [-0.2, -0.15) is 0 Å². The first-order valence-electron chi connectivity index (χ1n) is 10.8. The number of nitrogens with zero attached hydrogens (tertiary/aromatic N) is 2.